The molecule has 0 N–H and O–H groups in total. The van der Waals surface area contributed by atoms with Crippen LogP contribution in [0.5, 0.6) is 0 Å². The van der Waals surface area contributed by atoms with E-state index in [4.69, 9.17) is 4.74 Å². The van der Waals surface area contributed by atoms with Crippen LogP contribution in [0, 0.1) is 11.7 Å². The zero-order chi connectivity index (χ0) is 20.9. The standard InChI is InChI=1S/C22H24FN5O2/c1-2-30-22(29)17-6-5-13-27(14-17)15-19-21(16-9-11-24-12-10-16)28(26-25-19)20-8-4-3-7-18(20)23/h3-4,7-12,17H,2,5-6,13-15H2,1H3. The van der Waals surface area contributed by atoms with E-state index in [9.17, 15) is 9.18 Å². The molecule has 1 fully saturated rings. The van der Waals surface area contributed by atoms with E-state index in [0.717, 1.165) is 36.3 Å². The molecule has 30 heavy (non-hydrogen) atoms. The molecule has 0 saturated carbocycles. The van der Waals surface area contributed by atoms with Crippen LogP contribution in [-0.2, 0) is 16.1 Å². The number of halogens is 1. The molecular formula is C22H24FN5O2. The van der Waals surface area contributed by atoms with Gasteiger partial charge < -0.3 is 4.74 Å². The molecule has 2 aromatic heterocycles. The van der Waals surface area contributed by atoms with Crippen LogP contribution < -0.4 is 0 Å². The van der Waals surface area contributed by atoms with Gasteiger partial charge in [0.05, 0.1) is 18.2 Å². The van der Waals surface area contributed by atoms with E-state index < -0.39 is 0 Å². The van der Waals surface area contributed by atoms with E-state index in [2.05, 4.69) is 20.2 Å². The lowest BCUT2D eigenvalue weighted by atomic mass is 9.98. The van der Waals surface area contributed by atoms with Gasteiger partial charge in [-0.25, -0.2) is 9.07 Å². The molecule has 0 radical (unpaired) electrons. The molecule has 7 nitrogen and oxygen atoms in total. The zero-order valence-corrected chi connectivity index (χ0v) is 16.9. The average Bonchev–Trinajstić information content (AvgIpc) is 3.18. The Hall–Kier alpha value is -3.13. The van der Waals surface area contributed by atoms with Crippen molar-refractivity contribution < 1.29 is 13.9 Å². The summed E-state index contributed by atoms with van der Waals surface area (Å²) in [6, 6.07) is 10.2. The molecular weight excluding hydrogens is 385 g/mol. The van der Waals surface area contributed by atoms with Crippen LogP contribution in [-0.4, -0.2) is 50.5 Å². The van der Waals surface area contributed by atoms with Gasteiger partial charge >= 0.3 is 5.97 Å². The summed E-state index contributed by atoms with van der Waals surface area (Å²) in [6.07, 6.45) is 5.12. The topological polar surface area (TPSA) is 73.1 Å². The van der Waals surface area contributed by atoms with Crippen molar-refractivity contribution in [3.8, 4) is 16.9 Å². The number of benzene rings is 1. The molecule has 3 heterocycles. The highest BCUT2D eigenvalue weighted by Gasteiger charge is 2.28. The maximum atomic E-state index is 14.5. The van der Waals surface area contributed by atoms with Gasteiger partial charge in [0.15, 0.2) is 0 Å². The minimum atomic E-state index is -0.371. The van der Waals surface area contributed by atoms with Crippen LogP contribution in [0.3, 0.4) is 0 Å². The molecule has 1 atom stereocenters. The van der Waals surface area contributed by atoms with Crippen molar-refractivity contribution in [2.24, 2.45) is 5.92 Å². The third-order valence-corrected chi connectivity index (χ3v) is 5.27. The lowest BCUT2D eigenvalue weighted by molar-refractivity contribution is -0.150. The van der Waals surface area contributed by atoms with Gasteiger partial charge in [0.1, 0.15) is 17.2 Å². The fourth-order valence-corrected chi connectivity index (χ4v) is 3.87. The van der Waals surface area contributed by atoms with Crippen molar-refractivity contribution in [1.29, 1.82) is 0 Å². The van der Waals surface area contributed by atoms with Crippen LogP contribution in [0.15, 0.2) is 48.8 Å². The number of para-hydroxylation sites is 1. The van der Waals surface area contributed by atoms with Gasteiger partial charge in [0.2, 0.25) is 0 Å². The normalized spacial score (nSPS) is 17.1. The van der Waals surface area contributed by atoms with Crippen molar-refractivity contribution in [3.05, 3.63) is 60.3 Å². The average molecular weight is 409 g/mol. The summed E-state index contributed by atoms with van der Waals surface area (Å²) in [5, 5.41) is 8.64. The van der Waals surface area contributed by atoms with Gasteiger partial charge in [-0.15, -0.1) is 5.10 Å². The molecule has 0 aliphatic carbocycles. The predicted octanol–water partition coefficient (Wildman–Crippen LogP) is 3.24. The predicted molar refractivity (Wildman–Crippen MR) is 109 cm³/mol. The highest BCUT2D eigenvalue weighted by atomic mass is 19.1. The van der Waals surface area contributed by atoms with Gasteiger partial charge in [-0.3, -0.25) is 14.7 Å². The van der Waals surface area contributed by atoms with E-state index in [0.29, 0.717) is 25.4 Å². The molecule has 1 aliphatic rings. The third kappa shape index (κ3) is 4.23. The highest BCUT2D eigenvalue weighted by molar-refractivity contribution is 5.72. The summed E-state index contributed by atoms with van der Waals surface area (Å²) in [6.45, 7) is 4.19. The van der Waals surface area contributed by atoms with Gasteiger partial charge in [-0.05, 0) is 50.6 Å². The molecule has 156 valence electrons. The minimum absolute atomic E-state index is 0.135. The molecule has 0 bridgehead atoms. The van der Waals surface area contributed by atoms with Crippen LogP contribution >= 0.6 is 0 Å². The number of ether oxygens (including phenoxy) is 1. The van der Waals surface area contributed by atoms with Crippen LogP contribution in [0.1, 0.15) is 25.5 Å². The molecule has 0 amide bonds. The Bertz CT molecular complexity index is 1010. The smallest absolute Gasteiger partial charge is 0.310 e. The molecule has 3 aromatic rings. The van der Waals surface area contributed by atoms with E-state index in [1.165, 1.54) is 10.7 Å². The van der Waals surface area contributed by atoms with E-state index >= 15 is 0 Å². The Balaban J connectivity index is 1.66. The van der Waals surface area contributed by atoms with Crippen molar-refractivity contribution in [2.45, 2.75) is 26.3 Å². The Morgan fingerprint density at radius 1 is 1.23 bits per heavy atom. The Labute approximate surface area is 174 Å². The fraction of sp³-hybridized carbons (Fsp3) is 0.364. The Morgan fingerprint density at radius 2 is 2.03 bits per heavy atom. The molecule has 1 aromatic carbocycles. The number of hydrogen-bond acceptors (Lipinski definition) is 6. The second-order valence-electron chi connectivity index (χ2n) is 7.31. The maximum Gasteiger partial charge on any atom is 0.310 e. The first-order chi connectivity index (χ1) is 14.7. The van der Waals surface area contributed by atoms with Crippen molar-refractivity contribution in [3.63, 3.8) is 0 Å². The first kappa shape index (κ1) is 20.2. The van der Waals surface area contributed by atoms with Gasteiger partial charge in [0.25, 0.3) is 0 Å². The molecule has 1 unspecified atom stereocenters. The third-order valence-electron chi connectivity index (χ3n) is 5.27. The van der Waals surface area contributed by atoms with Crippen LogP contribution in [0.25, 0.3) is 16.9 Å². The number of nitrogens with zero attached hydrogens (tertiary/aromatic N) is 5. The second-order valence-corrected chi connectivity index (χ2v) is 7.31. The fourth-order valence-electron chi connectivity index (χ4n) is 3.87. The lowest BCUT2D eigenvalue weighted by Gasteiger charge is -2.31. The van der Waals surface area contributed by atoms with Crippen molar-refractivity contribution >= 4 is 5.97 Å². The Kier molecular flexibility index (Phi) is 6.13. The Morgan fingerprint density at radius 3 is 2.80 bits per heavy atom. The summed E-state index contributed by atoms with van der Waals surface area (Å²) in [4.78, 5) is 18.4. The summed E-state index contributed by atoms with van der Waals surface area (Å²) < 4.78 is 21.2. The quantitative estimate of drug-likeness (QED) is 0.582. The summed E-state index contributed by atoms with van der Waals surface area (Å²) >= 11 is 0. The van der Waals surface area contributed by atoms with E-state index in [-0.39, 0.29) is 17.7 Å². The largest absolute Gasteiger partial charge is 0.466 e. The monoisotopic (exact) mass is 409 g/mol. The number of pyridine rings is 1. The van der Waals surface area contributed by atoms with Gasteiger partial charge in [0, 0.05) is 31.0 Å². The van der Waals surface area contributed by atoms with Crippen molar-refractivity contribution in [1.82, 2.24) is 24.9 Å². The first-order valence-corrected chi connectivity index (χ1v) is 10.2. The number of piperidine rings is 1. The number of carbonyl (C=O) groups is 1. The summed E-state index contributed by atoms with van der Waals surface area (Å²) in [5.41, 5.74) is 2.65. The lowest BCUT2D eigenvalue weighted by Crippen LogP contribution is -2.39. The van der Waals surface area contributed by atoms with Gasteiger partial charge in [-0.1, -0.05) is 17.3 Å². The molecule has 8 heteroatoms. The zero-order valence-electron chi connectivity index (χ0n) is 16.9. The number of carbonyl (C=O) groups excluding carboxylic acids is 1. The number of esters is 1. The van der Waals surface area contributed by atoms with Crippen LogP contribution in [0.2, 0.25) is 0 Å². The van der Waals surface area contributed by atoms with Crippen LogP contribution in [0.4, 0.5) is 4.39 Å². The maximum absolute atomic E-state index is 14.5. The van der Waals surface area contributed by atoms with Gasteiger partial charge in [-0.2, -0.15) is 0 Å². The van der Waals surface area contributed by atoms with Crippen molar-refractivity contribution in [2.75, 3.05) is 19.7 Å². The van der Waals surface area contributed by atoms with E-state index in [1.54, 1.807) is 30.6 Å². The highest BCUT2D eigenvalue weighted by Crippen LogP contribution is 2.28. The summed E-state index contributed by atoms with van der Waals surface area (Å²) in [5.74, 6) is -0.652. The number of likely N-dealkylation sites (tertiary alicyclic amines) is 1. The first-order valence-electron chi connectivity index (χ1n) is 10.2. The number of rotatable bonds is 6. The molecule has 1 aliphatic heterocycles. The number of aromatic nitrogens is 4. The molecule has 0 spiro atoms. The minimum Gasteiger partial charge on any atom is -0.466 e. The SMILES string of the molecule is CCOC(=O)C1CCCN(Cc2nnn(-c3ccccc3F)c2-c2ccncc2)C1. The second kappa shape index (κ2) is 9.13. The molecule has 1 saturated heterocycles. The van der Waals surface area contributed by atoms with E-state index in [1.807, 2.05) is 19.1 Å². The summed E-state index contributed by atoms with van der Waals surface area (Å²) in [7, 11) is 0. The number of hydrogen-bond donors (Lipinski definition) is 0. The molecule has 4 rings (SSSR count).